The van der Waals surface area contributed by atoms with Crippen LogP contribution < -0.4 is 4.74 Å². The standard InChI is InChI=1S/C19H18N2O3/c1-14(2)24-19(22)17(11-20)10-16-7-3-4-8-18(16)23-13-15-6-5-9-21-12-15/h3-10,12,14H,13H2,1-2H3/b17-10-. The molecule has 1 heterocycles. The molecule has 2 rings (SSSR count). The normalized spacial score (nSPS) is 11.0. The molecule has 2 aromatic rings. The monoisotopic (exact) mass is 322 g/mol. The number of aromatic nitrogens is 1. The number of nitriles is 1. The van der Waals surface area contributed by atoms with Crippen molar-refractivity contribution in [3.63, 3.8) is 0 Å². The summed E-state index contributed by atoms with van der Waals surface area (Å²) in [6.45, 7) is 3.81. The number of para-hydroxylation sites is 1. The molecule has 0 saturated heterocycles. The van der Waals surface area contributed by atoms with Crippen molar-refractivity contribution in [2.45, 2.75) is 26.6 Å². The van der Waals surface area contributed by atoms with E-state index in [1.807, 2.05) is 30.3 Å². The maximum absolute atomic E-state index is 11.9. The van der Waals surface area contributed by atoms with Gasteiger partial charge < -0.3 is 9.47 Å². The number of carbonyl (C=O) groups is 1. The van der Waals surface area contributed by atoms with Gasteiger partial charge in [-0.05, 0) is 32.1 Å². The number of carbonyl (C=O) groups excluding carboxylic acids is 1. The second-order valence-corrected chi connectivity index (χ2v) is 5.31. The average Bonchev–Trinajstić information content (AvgIpc) is 2.59. The smallest absolute Gasteiger partial charge is 0.349 e. The second kappa shape index (κ2) is 8.49. The molecule has 5 heteroatoms. The van der Waals surface area contributed by atoms with Crippen molar-refractivity contribution in [1.82, 2.24) is 4.98 Å². The van der Waals surface area contributed by atoms with E-state index in [1.54, 1.807) is 38.4 Å². The van der Waals surface area contributed by atoms with Gasteiger partial charge >= 0.3 is 5.97 Å². The lowest BCUT2D eigenvalue weighted by atomic mass is 10.1. The zero-order valence-electron chi connectivity index (χ0n) is 13.6. The molecule has 0 atom stereocenters. The minimum absolute atomic E-state index is 0.0684. The van der Waals surface area contributed by atoms with Crippen LogP contribution in [0.4, 0.5) is 0 Å². The van der Waals surface area contributed by atoms with E-state index in [4.69, 9.17) is 9.47 Å². The van der Waals surface area contributed by atoms with Gasteiger partial charge in [0.05, 0.1) is 6.10 Å². The lowest BCUT2D eigenvalue weighted by Crippen LogP contribution is -2.12. The number of pyridine rings is 1. The quantitative estimate of drug-likeness (QED) is 0.462. The second-order valence-electron chi connectivity index (χ2n) is 5.31. The highest BCUT2D eigenvalue weighted by Gasteiger charge is 2.13. The Morgan fingerprint density at radius 2 is 2.08 bits per heavy atom. The zero-order chi connectivity index (χ0) is 17.4. The van der Waals surface area contributed by atoms with Crippen molar-refractivity contribution in [1.29, 1.82) is 5.26 Å². The summed E-state index contributed by atoms with van der Waals surface area (Å²) in [5.41, 5.74) is 1.50. The third-order valence-electron chi connectivity index (χ3n) is 3.02. The van der Waals surface area contributed by atoms with Crippen LogP contribution >= 0.6 is 0 Å². The van der Waals surface area contributed by atoms with Crippen LogP contribution in [0.15, 0.2) is 54.4 Å². The third kappa shape index (κ3) is 4.96. The fourth-order valence-corrected chi connectivity index (χ4v) is 1.95. The molecule has 0 saturated carbocycles. The van der Waals surface area contributed by atoms with Crippen LogP contribution in [0, 0.1) is 11.3 Å². The molecule has 0 unspecified atom stereocenters. The highest BCUT2D eigenvalue weighted by atomic mass is 16.5. The number of esters is 1. The molecular weight excluding hydrogens is 304 g/mol. The fourth-order valence-electron chi connectivity index (χ4n) is 1.95. The first-order valence-electron chi connectivity index (χ1n) is 7.53. The van der Waals surface area contributed by atoms with Gasteiger partial charge in [0, 0.05) is 23.5 Å². The van der Waals surface area contributed by atoms with Crippen molar-refractivity contribution in [3.8, 4) is 11.8 Å². The highest BCUT2D eigenvalue weighted by Crippen LogP contribution is 2.22. The van der Waals surface area contributed by atoms with Crippen LogP contribution in [0.2, 0.25) is 0 Å². The van der Waals surface area contributed by atoms with Gasteiger partial charge in [0.2, 0.25) is 0 Å². The highest BCUT2D eigenvalue weighted by molar-refractivity contribution is 5.98. The summed E-state index contributed by atoms with van der Waals surface area (Å²) in [7, 11) is 0. The van der Waals surface area contributed by atoms with E-state index in [-0.39, 0.29) is 11.7 Å². The molecule has 1 aromatic carbocycles. The largest absolute Gasteiger partial charge is 0.488 e. The number of benzene rings is 1. The predicted molar refractivity (Wildman–Crippen MR) is 89.8 cm³/mol. The van der Waals surface area contributed by atoms with Crippen molar-refractivity contribution >= 4 is 12.0 Å². The molecule has 1 aromatic heterocycles. The van der Waals surface area contributed by atoms with E-state index >= 15 is 0 Å². The Kier molecular flexibility index (Phi) is 6.09. The first-order valence-corrected chi connectivity index (χ1v) is 7.53. The van der Waals surface area contributed by atoms with E-state index < -0.39 is 5.97 Å². The van der Waals surface area contributed by atoms with Crippen molar-refractivity contribution in [3.05, 3.63) is 65.5 Å². The molecule has 0 aliphatic carbocycles. The molecule has 24 heavy (non-hydrogen) atoms. The molecule has 0 aliphatic rings. The Labute approximate surface area is 141 Å². The van der Waals surface area contributed by atoms with Gasteiger partial charge in [0.25, 0.3) is 0 Å². The summed E-state index contributed by atoms with van der Waals surface area (Å²) in [6, 6.07) is 12.8. The maximum Gasteiger partial charge on any atom is 0.349 e. The Morgan fingerprint density at radius 3 is 2.75 bits per heavy atom. The third-order valence-corrected chi connectivity index (χ3v) is 3.02. The van der Waals surface area contributed by atoms with Crippen LogP contribution in [-0.4, -0.2) is 17.1 Å². The van der Waals surface area contributed by atoms with E-state index in [0.717, 1.165) is 5.56 Å². The Balaban J connectivity index is 2.19. The van der Waals surface area contributed by atoms with Gasteiger partial charge in [-0.2, -0.15) is 5.26 Å². The number of ether oxygens (including phenoxy) is 2. The summed E-state index contributed by atoms with van der Waals surface area (Å²) in [5.74, 6) is -0.0685. The summed E-state index contributed by atoms with van der Waals surface area (Å²) in [5, 5.41) is 9.20. The first kappa shape index (κ1) is 17.2. The van der Waals surface area contributed by atoms with E-state index in [2.05, 4.69) is 4.98 Å². The minimum Gasteiger partial charge on any atom is -0.488 e. The van der Waals surface area contributed by atoms with E-state index in [1.165, 1.54) is 6.08 Å². The molecule has 0 fully saturated rings. The van der Waals surface area contributed by atoms with E-state index in [9.17, 15) is 10.1 Å². The predicted octanol–water partition coefficient (Wildman–Crippen LogP) is 3.52. The number of nitrogens with zero attached hydrogens (tertiary/aromatic N) is 2. The molecule has 0 bridgehead atoms. The molecular formula is C19H18N2O3. The van der Waals surface area contributed by atoms with Gasteiger partial charge in [-0.25, -0.2) is 4.79 Å². The first-order chi connectivity index (χ1) is 11.6. The zero-order valence-corrected chi connectivity index (χ0v) is 13.6. The SMILES string of the molecule is CC(C)OC(=O)/C(C#N)=C\c1ccccc1OCc1cccnc1. The Hall–Kier alpha value is -3.13. The van der Waals surface area contributed by atoms with Crippen LogP contribution in [0.5, 0.6) is 5.75 Å². The van der Waals surface area contributed by atoms with Gasteiger partial charge in [-0.3, -0.25) is 4.98 Å². The molecule has 122 valence electrons. The number of hydrogen-bond donors (Lipinski definition) is 0. The summed E-state index contributed by atoms with van der Waals surface area (Å²) < 4.78 is 10.8. The average molecular weight is 322 g/mol. The van der Waals surface area contributed by atoms with Crippen molar-refractivity contribution < 1.29 is 14.3 Å². The van der Waals surface area contributed by atoms with Gasteiger partial charge in [0.15, 0.2) is 0 Å². The van der Waals surface area contributed by atoms with Crippen molar-refractivity contribution in [2.75, 3.05) is 0 Å². The van der Waals surface area contributed by atoms with Crippen LogP contribution in [0.25, 0.3) is 6.08 Å². The summed E-state index contributed by atoms with van der Waals surface area (Å²) in [4.78, 5) is 16.0. The summed E-state index contributed by atoms with van der Waals surface area (Å²) in [6.07, 6.45) is 4.61. The molecule has 0 spiro atoms. The van der Waals surface area contributed by atoms with Crippen LogP contribution in [0.3, 0.4) is 0 Å². The number of rotatable bonds is 6. The Morgan fingerprint density at radius 1 is 1.29 bits per heavy atom. The van der Waals surface area contributed by atoms with Crippen LogP contribution in [0.1, 0.15) is 25.0 Å². The Bertz CT molecular complexity index is 762. The molecule has 0 N–H and O–H groups in total. The maximum atomic E-state index is 11.9. The van der Waals surface area contributed by atoms with E-state index in [0.29, 0.717) is 17.9 Å². The molecule has 0 aliphatic heterocycles. The lowest BCUT2D eigenvalue weighted by molar-refractivity contribution is -0.142. The van der Waals surface area contributed by atoms with Gasteiger partial charge in [-0.15, -0.1) is 0 Å². The molecule has 0 amide bonds. The van der Waals surface area contributed by atoms with Crippen LogP contribution in [-0.2, 0) is 16.1 Å². The number of hydrogen-bond acceptors (Lipinski definition) is 5. The van der Waals surface area contributed by atoms with Crippen molar-refractivity contribution in [2.24, 2.45) is 0 Å². The minimum atomic E-state index is -0.644. The molecule has 0 radical (unpaired) electrons. The van der Waals surface area contributed by atoms with Gasteiger partial charge in [-0.1, -0.05) is 24.3 Å². The topological polar surface area (TPSA) is 72.2 Å². The van der Waals surface area contributed by atoms with Gasteiger partial charge in [0.1, 0.15) is 24.0 Å². The fraction of sp³-hybridized carbons (Fsp3) is 0.211. The lowest BCUT2D eigenvalue weighted by Gasteiger charge is -2.10. The molecule has 5 nitrogen and oxygen atoms in total. The summed E-state index contributed by atoms with van der Waals surface area (Å²) >= 11 is 0.